The van der Waals surface area contributed by atoms with Gasteiger partial charge in [-0.3, -0.25) is 4.79 Å². The lowest BCUT2D eigenvalue weighted by Crippen LogP contribution is -2.11. The molecule has 0 bridgehead atoms. The van der Waals surface area contributed by atoms with Crippen molar-refractivity contribution >= 4 is 5.78 Å². The first-order valence-corrected chi connectivity index (χ1v) is 6.61. The van der Waals surface area contributed by atoms with E-state index < -0.39 is 0 Å². The second-order valence-electron chi connectivity index (χ2n) is 4.10. The quantitative estimate of drug-likeness (QED) is 0.161. The van der Waals surface area contributed by atoms with E-state index in [0.29, 0.717) is 64.6 Å². The molecule has 0 unspecified atom stereocenters. The molecule has 7 heteroatoms. The van der Waals surface area contributed by atoms with Crippen molar-refractivity contribution in [1.82, 2.24) is 0 Å². The van der Waals surface area contributed by atoms with Crippen molar-refractivity contribution in [3.63, 3.8) is 0 Å². The normalized spacial score (nSPS) is 10.1. The molecule has 0 saturated heterocycles. The summed E-state index contributed by atoms with van der Waals surface area (Å²) in [6.45, 7) is 8.53. The Morgan fingerprint density at radius 2 is 1.65 bits per heavy atom. The maximum Gasteiger partial charge on any atom is 0.158 e. The van der Waals surface area contributed by atoms with Gasteiger partial charge in [-0.05, 0) is 24.4 Å². The summed E-state index contributed by atoms with van der Waals surface area (Å²) in [5, 5.41) is 3.34. The number of allylic oxidation sites excluding steroid dienone is 1. The topological polar surface area (TPSA) is 93.5 Å². The van der Waals surface area contributed by atoms with Crippen LogP contribution in [0.3, 0.4) is 0 Å². The van der Waals surface area contributed by atoms with Crippen LogP contribution in [0, 0.1) is 0 Å². The zero-order valence-electron chi connectivity index (χ0n) is 12.0. The molecule has 0 N–H and O–H groups in total. The molecule has 7 nitrogen and oxygen atoms in total. The van der Waals surface area contributed by atoms with E-state index in [2.05, 4.69) is 16.6 Å². The average molecular weight is 285 g/mol. The van der Waals surface area contributed by atoms with Gasteiger partial charge in [-0.2, -0.15) is 0 Å². The van der Waals surface area contributed by atoms with Gasteiger partial charge >= 0.3 is 0 Å². The van der Waals surface area contributed by atoms with Gasteiger partial charge in [0, 0.05) is 24.5 Å². The van der Waals surface area contributed by atoms with Crippen LogP contribution >= 0.6 is 0 Å². The van der Waals surface area contributed by atoms with Crippen LogP contribution in [-0.2, 0) is 19.0 Å². The van der Waals surface area contributed by atoms with Crippen LogP contribution in [0.25, 0.3) is 10.4 Å². The predicted octanol–water partition coefficient (Wildman–Crippen LogP) is 2.27. The van der Waals surface area contributed by atoms with Gasteiger partial charge in [0.05, 0.1) is 33.0 Å². The summed E-state index contributed by atoms with van der Waals surface area (Å²) < 4.78 is 15.7. The highest BCUT2D eigenvalue weighted by Crippen LogP contribution is 1.99. The molecule has 0 fully saturated rings. The van der Waals surface area contributed by atoms with Crippen LogP contribution in [0.5, 0.6) is 0 Å². The molecule has 0 aromatic rings. The smallest absolute Gasteiger partial charge is 0.158 e. The molecule has 0 aromatic heterocycles. The zero-order chi connectivity index (χ0) is 15.1. The third-order valence-electron chi connectivity index (χ3n) is 2.31. The highest BCUT2D eigenvalue weighted by molar-refractivity contribution is 5.93. The fraction of sp³-hybridized carbons (Fsp3) is 0.769. The summed E-state index contributed by atoms with van der Waals surface area (Å²) >= 11 is 0. The lowest BCUT2D eigenvalue weighted by Gasteiger charge is -2.06. The molecule has 0 aliphatic rings. The SMILES string of the molecule is C=C(C)C(=O)CCCOCCOCCOCCN=[N+]=[N-]. The maximum absolute atomic E-state index is 11.2. The van der Waals surface area contributed by atoms with Gasteiger partial charge in [-0.1, -0.05) is 11.7 Å². The number of hydrogen-bond acceptors (Lipinski definition) is 5. The number of carbonyl (C=O) groups is 1. The van der Waals surface area contributed by atoms with Crippen molar-refractivity contribution in [2.75, 3.05) is 46.2 Å². The summed E-state index contributed by atoms with van der Waals surface area (Å²) in [4.78, 5) is 13.8. The molecule has 0 aliphatic heterocycles. The molecule has 0 saturated carbocycles. The maximum atomic E-state index is 11.2. The van der Waals surface area contributed by atoms with E-state index in [9.17, 15) is 4.79 Å². The number of carbonyl (C=O) groups excluding carboxylic acids is 1. The van der Waals surface area contributed by atoms with Gasteiger partial charge in [-0.15, -0.1) is 0 Å². The standard InChI is InChI=1S/C13H23N3O4/c1-12(2)13(17)4-3-6-18-8-10-20-11-9-19-7-5-15-16-14/h1,3-11H2,2H3. The molecule has 0 aliphatic carbocycles. The van der Waals surface area contributed by atoms with Gasteiger partial charge in [0.15, 0.2) is 5.78 Å². The van der Waals surface area contributed by atoms with Crippen LogP contribution in [0.4, 0.5) is 0 Å². The molecule has 0 rings (SSSR count). The van der Waals surface area contributed by atoms with Crippen molar-refractivity contribution in [2.45, 2.75) is 19.8 Å². The van der Waals surface area contributed by atoms with Crippen molar-refractivity contribution < 1.29 is 19.0 Å². The predicted molar refractivity (Wildman–Crippen MR) is 75.5 cm³/mol. The molecular weight excluding hydrogens is 262 g/mol. The lowest BCUT2D eigenvalue weighted by atomic mass is 10.1. The number of hydrogen-bond donors (Lipinski definition) is 0. The van der Waals surface area contributed by atoms with Gasteiger partial charge < -0.3 is 14.2 Å². The van der Waals surface area contributed by atoms with Crippen molar-refractivity contribution in [3.05, 3.63) is 22.6 Å². The van der Waals surface area contributed by atoms with E-state index >= 15 is 0 Å². The van der Waals surface area contributed by atoms with E-state index in [-0.39, 0.29) is 5.78 Å². The van der Waals surface area contributed by atoms with Gasteiger partial charge in [0.1, 0.15) is 0 Å². The third kappa shape index (κ3) is 13.0. The second-order valence-corrected chi connectivity index (χ2v) is 4.10. The van der Waals surface area contributed by atoms with E-state index in [4.69, 9.17) is 19.7 Å². The number of nitrogens with zero attached hydrogens (tertiary/aromatic N) is 3. The van der Waals surface area contributed by atoms with Crippen LogP contribution in [0.2, 0.25) is 0 Å². The Hall–Kier alpha value is -1.40. The van der Waals surface area contributed by atoms with E-state index in [1.165, 1.54) is 0 Å². The molecule has 0 spiro atoms. The Balaban J connectivity index is 3.11. The fourth-order valence-electron chi connectivity index (χ4n) is 1.24. The van der Waals surface area contributed by atoms with E-state index in [1.54, 1.807) is 6.92 Å². The number of ether oxygens (including phenoxy) is 3. The highest BCUT2D eigenvalue weighted by atomic mass is 16.5. The second kappa shape index (κ2) is 14.0. The summed E-state index contributed by atoms with van der Waals surface area (Å²) in [7, 11) is 0. The Morgan fingerprint density at radius 1 is 1.10 bits per heavy atom. The summed E-state index contributed by atoms with van der Waals surface area (Å²) in [5.41, 5.74) is 8.62. The van der Waals surface area contributed by atoms with Gasteiger partial charge in [0.25, 0.3) is 0 Å². The molecule has 0 aromatic carbocycles. The summed E-state index contributed by atoms with van der Waals surface area (Å²) in [6, 6.07) is 0. The Bertz CT molecular complexity index is 328. The first-order chi connectivity index (χ1) is 9.68. The number of rotatable bonds is 14. The van der Waals surface area contributed by atoms with Crippen LogP contribution < -0.4 is 0 Å². The number of azide groups is 1. The molecule has 0 atom stereocenters. The molecule has 0 radical (unpaired) electrons. The van der Waals surface area contributed by atoms with E-state index in [1.807, 2.05) is 0 Å². The molecule has 20 heavy (non-hydrogen) atoms. The Kier molecular flexibility index (Phi) is 13.0. The minimum Gasteiger partial charge on any atom is -0.379 e. The van der Waals surface area contributed by atoms with Crippen LogP contribution in [0.1, 0.15) is 19.8 Å². The summed E-state index contributed by atoms with van der Waals surface area (Å²) in [6.07, 6.45) is 1.18. The number of ketones is 1. The minimum absolute atomic E-state index is 0.0859. The summed E-state index contributed by atoms with van der Waals surface area (Å²) in [5.74, 6) is 0.0859. The van der Waals surface area contributed by atoms with Crippen LogP contribution in [-0.4, -0.2) is 52.0 Å². The first kappa shape index (κ1) is 18.6. The molecule has 114 valence electrons. The fourth-order valence-corrected chi connectivity index (χ4v) is 1.24. The van der Waals surface area contributed by atoms with Crippen molar-refractivity contribution in [1.29, 1.82) is 0 Å². The van der Waals surface area contributed by atoms with Crippen LogP contribution in [0.15, 0.2) is 17.3 Å². The Labute approximate surface area is 119 Å². The van der Waals surface area contributed by atoms with Gasteiger partial charge in [0.2, 0.25) is 0 Å². The monoisotopic (exact) mass is 285 g/mol. The lowest BCUT2D eigenvalue weighted by molar-refractivity contribution is -0.115. The Morgan fingerprint density at radius 3 is 2.20 bits per heavy atom. The average Bonchev–Trinajstić information content (AvgIpc) is 2.43. The van der Waals surface area contributed by atoms with Gasteiger partial charge in [-0.25, -0.2) is 0 Å². The minimum atomic E-state index is 0.0859. The number of Topliss-reactive ketones (excluding diaryl/α,β-unsaturated/α-hetero) is 1. The largest absolute Gasteiger partial charge is 0.379 e. The van der Waals surface area contributed by atoms with E-state index in [0.717, 1.165) is 0 Å². The first-order valence-electron chi connectivity index (χ1n) is 6.61. The van der Waals surface area contributed by atoms with Crippen molar-refractivity contribution in [3.8, 4) is 0 Å². The molecule has 0 amide bonds. The van der Waals surface area contributed by atoms with Crippen molar-refractivity contribution in [2.24, 2.45) is 5.11 Å². The zero-order valence-corrected chi connectivity index (χ0v) is 12.0. The highest BCUT2D eigenvalue weighted by Gasteiger charge is 2.01. The molecule has 0 heterocycles. The molecular formula is C13H23N3O4. The third-order valence-corrected chi connectivity index (χ3v) is 2.31.